The van der Waals surface area contributed by atoms with Gasteiger partial charge in [-0.15, -0.1) is 0 Å². The highest BCUT2D eigenvalue weighted by Crippen LogP contribution is 2.39. The van der Waals surface area contributed by atoms with Crippen LogP contribution in [0.25, 0.3) is 0 Å². The molecule has 5 heteroatoms. The number of hydrogen-bond donors (Lipinski definition) is 1. The van der Waals surface area contributed by atoms with Crippen LogP contribution in [0.15, 0.2) is 29.3 Å². The first-order chi connectivity index (χ1) is 8.63. The van der Waals surface area contributed by atoms with Crippen LogP contribution in [0.2, 0.25) is 0 Å². The number of rotatable bonds is 3. The summed E-state index contributed by atoms with van der Waals surface area (Å²) in [5.41, 5.74) is 6.33. The first-order valence-corrected chi connectivity index (χ1v) is 5.52. The second kappa shape index (κ2) is 4.59. The van der Waals surface area contributed by atoms with Gasteiger partial charge in [-0.25, -0.2) is 0 Å². The van der Waals surface area contributed by atoms with E-state index in [1.807, 2.05) is 24.3 Å². The molecule has 0 bridgehead atoms. The molecule has 1 aromatic carbocycles. The van der Waals surface area contributed by atoms with E-state index in [4.69, 9.17) is 5.73 Å². The first-order valence-electron chi connectivity index (χ1n) is 5.52. The molecule has 0 unspecified atom stereocenters. The van der Waals surface area contributed by atoms with Gasteiger partial charge in [0.2, 0.25) is 0 Å². The molecule has 0 fully saturated rings. The molecule has 2 N–H and O–H groups in total. The number of hydrogen-bond acceptors (Lipinski definition) is 5. The number of aliphatic imine (C=N–C) groups is 1. The summed E-state index contributed by atoms with van der Waals surface area (Å²) in [5, 5.41) is 9.42. The molecule has 2 rings (SSSR count). The minimum atomic E-state index is -0.940. The number of benzene rings is 1. The van der Waals surface area contributed by atoms with Crippen molar-refractivity contribution in [1.29, 1.82) is 5.26 Å². The number of para-hydroxylation sites is 1. The smallest absolute Gasteiger partial charge is 0.322 e. The van der Waals surface area contributed by atoms with E-state index in [-0.39, 0.29) is 6.42 Å². The van der Waals surface area contributed by atoms with E-state index in [1.54, 1.807) is 6.21 Å². The molecule has 1 heterocycles. The van der Waals surface area contributed by atoms with Crippen LogP contribution in [0.4, 0.5) is 5.69 Å². The second-order valence-corrected chi connectivity index (χ2v) is 4.19. The lowest BCUT2D eigenvalue weighted by atomic mass is 9.79. The third kappa shape index (κ3) is 1.87. The predicted molar refractivity (Wildman–Crippen MR) is 66.5 cm³/mol. The van der Waals surface area contributed by atoms with Crippen molar-refractivity contribution >= 4 is 17.9 Å². The summed E-state index contributed by atoms with van der Waals surface area (Å²) in [4.78, 5) is 15.6. The minimum absolute atomic E-state index is 0.163. The van der Waals surface area contributed by atoms with Gasteiger partial charge in [0.15, 0.2) is 0 Å². The Balaban J connectivity index is 2.33. The largest absolute Gasteiger partial charge is 0.468 e. The van der Waals surface area contributed by atoms with Gasteiger partial charge in [-0.05, 0) is 6.07 Å². The van der Waals surface area contributed by atoms with Gasteiger partial charge in [0.1, 0.15) is 11.5 Å². The van der Waals surface area contributed by atoms with Gasteiger partial charge in [-0.3, -0.25) is 9.79 Å². The fourth-order valence-corrected chi connectivity index (χ4v) is 2.09. The van der Waals surface area contributed by atoms with Gasteiger partial charge in [0.05, 0.1) is 18.9 Å². The molecular formula is C13H13N3O2. The number of nitrogens with zero attached hydrogens (tertiary/aromatic N) is 2. The summed E-state index contributed by atoms with van der Waals surface area (Å²) < 4.78 is 4.58. The summed E-state index contributed by atoms with van der Waals surface area (Å²) >= 11 is 0. The molecule has 0 radical (unpaired) electrons. The lowest BCUT2D eigenvalue weighted by molar-refractivity contribution is -0.142. The Morgan fingerprint density at radius 3 is 3.00 bits per heavy atom. The molecule has 0 amide bonds. The fraction of sp³-hybridized carbons (Fsp3) is 0.308. The standard InChI is InChI=1S/C13H13N3O2/c1-18-12(17)10(15)6-13(7-14)8-16-11-5-3-2-4-9(11)13/h2-5,8,10H,6,15H2,1H3/t10-,13+/m0/s1. The Hall–Kier alpha value is -2.19. The van der Waals surface area contributed by atoms with Crippen LogP contribution < -0.4 is 5.73 Å². The molecule has 0 aromatic heterocycles. The van der Waals surface area contributed by atoms with Gasteiger partial charge < -0.3 is 10.5 Å². The van der Waals surface area contributed by atoms with Gasteiger partial charge in [0, 0.05) is 18.2 Å². The van der Waals surface area contributed by atoms with E-state index in [0.717, 1.165) is 11.3 Å². The SMILES string of the molecule is COC(=O)[C@@H](N)C[C@@]1(C#N)C=Nc2ccccc21. The summed E-state index contributed by atoms with van der Waals surface area (Å²) in [5.74, 6) is -0.526. The van der Waals surface area contributed by atoms with E-state index in [2.05, 4.69) is 15.8 Å². The zero-order valence-electron chi connectivity index (χ0n) is 9.96. The van der Waals surface area contributed by atoms with Crippen molar-refractivity contribution in [2.75, 3.05) is 7.11 Å². The van der Waals surface area contributed by atoms with E-state index < -0.39 is 17.4 Å². The summed E-state index contributed by atoms with van der Waals surface area (Å²) in [6.45, 7) is 0. The highest BCUT2D eigenvalue weighted by atomic mass is 16.5. The molecule has 2 atom stereocenters. The number of esters is 1. The Kier molecular flexibility index (Phi) is 3.13. The number of nitrogens with two attached hydrogens (primary N) is 1. The molecule has 92 valence electrons. The van der Waals surface area contributed by atoms with Gasteiger partial charge in [-0.2, -0.15) is 5.26 Å². The molecule has 1 aliphatic rings. The zero-order valence-corrected chi connectivity index (χ0v) is 9.96. The number of fused-ring (bicyclic) bond motifs is 1. The van der Waals surface area contributed by atoms with Crippen LogP contribution in [0.1, 0.15) is 12.0 Å². The monoisotopic (exact) mass is 243 g/mol. The third-order valence-corrected chi connectivity index (χ3v) is 3.05. The highest BCUT2D eigenvalue weighted by Gasteiger charge is 2.39. The molecule has 1 aliphatic heterocycles. The van der Waals surface area contributed by atoms with Crippen LogP contribution in [0, 0.1) is 11.3 Å². The maximum Gasteiger partial charge on any atom is 0.322 e. The normalized spacial score (nSPS) is 22.1. The molecule has 0 saturated heterocycles. The van der Waals surface area contributed by atoms with Gasteiger partial charge in [-0.1, -0.05) is 18.2 Å². The highest BCUT2D eigenvalue weighted by molar-refractivity contribution is 5.89. The number of nitriles is 1. The predicted octanol–water partition coefficient (Wildman–Crippen LogP) is 1.05. The van der Waals surface area contributed by atoms with Crippen molar-refractivity contribution in [2.24, 2.45) is 10.7 Å². The average Bonchev–Trinajstić information content (AvgIpc) is 2.77. The second-order valence-electron chi connectivity index (χ2n) is 4.19. The fourth-order valence-electron chi connectivity index (χ4n) is 2.09. The van der Waals surface area contributed by atoms with Crippen LogP contribution in [-0.4, -0.2) is 25.3 Å². The van der Waals surface area contributed by atoms with Crippen molar-refractivity contribution in [3.05, 3.63) is 29.8 Å². The lowest BCUT2D eigenvalue weighted by Crippen LogP contribution is -2.39. The molecule has 1 aromatic rings. The van der Waals surface area contributed by atoms with Crippen molar-refractivity contribution in [2.45, 2.75) is 17.9 Å². The Morgan fingerprint density at radius 1 is 1.61 bits per heavy atom. The maximum absolute atomic E-state index is 11.4. The van der Waals surface area contributed by atoms with E-state index in [0.29, 0.717) is 0 Å². The van der Waals surface area contributed by atoms with E-state index >= 15 is 0 Å². The number of carbonyl (C=O) groups excluding carboxylic acids is 1. The van der Waals surface area contributed by atoms with E-state index in [9.17, 15) is 10.1 Å². The minimum Gasteiger partial charge on any atom is -0.468 e. The molecular weight excluding hydrogens is 230 g/mol. The number of ether oxygens (including phenoxy) is 1. The van der Waals surface area contributed by atoms with Crippen molar-refractivity contribution in [3.63, 3.8) is 0 Å². The van der Waals surface area contributed by atoms with E-state index in [1.165, 1.54) is 7.11 Å². The summed E-state index contributed by atoms with van der Waals surface area (Å²) in [7, 11) is 1.28. The van der Waals surface area contributed by atoms with Gasteiger partial charge >= 0.3 is 5.97 Å². The van der Waals surface area contributed by atoms with Crippen molar-refractivity contribution in [1.82, 2.24) is 0 Å². The van der Waals surface area contributed by atoms with Crippen molar-refractivity contribution < 1.29 is 9.53 Å². The number of carbonyl (C=O) groups is 1. The number of methoxy groups -OCH3 is 1. The Labute approximate surface area is 105 Å². The molecule has 0 aliphatic carbocycles. The quantitative estimate of drug-likeness (QED) is 0.804. The van der Waals surface area contributed by atoms with Crippen LogP contribution >= 0.6 is 0 Å². The first kappa shape index (κ1) is 12.3. The molecule has 0 saturated carbocycles. The maximum atomic E-state index is 11.4. The zero-order chi connectivity index (χ0) is 13.2. The third-order valence-electron chi connectivity index (χ3n) is 3.05. The molecule has 18 heavy (non-hydrogen) atoms. The lowest BCUT2D eigenvalue weighted by Gasteiger charge is -2.22. The summed E-state index contributed by atoms with van der Waals surface area (Å²) in [6, 6.07) is 8.71. The topological polar surface area (TPSA) is 88.5 Å². The van der Waals surface area contributed by atoms with Crippen LogP contribution in [0.3, 0.4) is 0 Å². The van der Waals surface area contributed by atoms with Crippen LogP contribution in [0.5, 0.6) is 0 Å². The Bertz CT molecular complexity index is 547. The molecule has 0 spiro atoms. The van der Waals surface area contributed by atoms with Crippen LogP contribution in [-0.2, 0) is 14.9 Å². The average molecular weight is 243 g/mol. The van der Waals surface area contributed by atoms with Gasteiger partial charge in [0.25, 0.3) is 0 Å². The van der Waals surface area contributed by atoms with Crippen molar-refractivity contribution in [3.8, 4) is 6.07 Å². The Morgan fingerprint density at radius 2 is 2.33 bits per heavy atom. The summed E-state index contributed by atoms with van der Waals surface area (Å²) in [6.07, 6.45) is 1.72. The molecule has 5 nitrogen and oxygen atoms in total.